The molecule has 1 aliphatic carbocycles. The molecule has 1 unspecified atom stereocenters. The highest BCUT2D eigenvalue weighted by atomic mass is 19.1. The van der Waals surface area contributed by atoms with Crippen molar-refractivity contribution in [2.24, 2.45) is 5.92 Å². The quantitative estimate of drug-likeness (QED) is 0.820. The maximum absolute atomic E-state index is 13.4. The molecule has 0 spiro atoms. The molecule has 1 fully saturated rings. The summed E-state index contributed by atoms with van der Waals surface area (Å²) in [4.78, 5) is 16.4. The summed E-state index contributed by atoms with van der Waals surface area (Å²) in [6, 6.07) is 5.83. The molecule has 1 amide bonds. The van der Waals surface area contributed by atoms with Crippen LogP contribution in [0.4, 0.5) is 4.39 Å². The van der Waals surface area contributed by atoms with Crippen molar-refractivity contribution in [1.82, 2.24) is 25.1 Å². The van der Waals surface area contributed by atoms with E-state index in [1.807, 2.05) is 25.8 Å². The van der Waals surface area contributed by atoms with Crippen LogP contribution in [-0.2, 0) is 4.79 Å². The molecule has 1 saturated carbocycles. The third kappa shape index (κ3) is 3.92. The number of tetrazole rings is 1. The van der Waals surface area contributed by atoms with Gasteiger partial charge in [-0.1, -0.05) is 45.2 Å². The van der Waals surface area contributed by atoms with E-state index in [0.717, 1.165) is 12.8 Å². The first kappa shape index (κ1) is 18.5. The summed E-state index contributed by atoms with van der Waals surface area (Å²) >= 11 is 0. The van der Waals surface area contributed by atoms with Gasteiger partial charge in [-0.15, -0.1) is 10.2 Å². The van der Waals surface area contributed by atoms with Crippen LogP contribution >= 0.6 is 0 Å². The molecule has 2 aromatic rings. The summed E-state index contributed by atoms with van der Waals surface area (Å²) in [5.74, 6) is -0.00571. The van der Waals surface area contributed by atoms with Crippen LogP contribution in [0.2, 0.25) is 0 Å². The number of benzene rings is 1. The number of amides is 1. The van der Waals surface area contributed by atoms with Gasteiger partial charge in [-0.25, -0.2) is 4.39 Å². The molecule has 140 valence electrons. The Bertz CT molecular complexity index is 754. The van der Waals surface area contributed by atoms with Gasteiger partial charge in [0.2, 0.25) is 11.7 Å². The van der Waals surface area contributed by atoms with E-state index in [2.05, 4.69) is 15.4 Å². The number of rotatable bonds is 5. The lowest BCUT2D eigenvalue weighted by atomic mass is 9.93. The molecule has 1 heterocycles. The maximum atomic E-state index is 13.4. The average molecular weight is 359 g/mol. The number of likely N-dealkylation sites (N-methyl/N-ethyl adjacent to an activating group) is 1. The Kier molecular flexibility index (Phi) is 5.64. The van der Waals surface area contributed by atoms with E-state index in [-0.39, 0.29) is 23.7 Å². The SMILES string of the molecule is CC(C)C(C(=O)N(C)C1CCCCC1)n1nnc(-c2cccc(F)c2)n1. The molecule has 6 nitrogen and oxygen atoms in total. The average Bonchev–Trinajstić information content (AvgIpc) is 3.11. The molecule has 1 aromatic heterocycles. The Hall–Kier alpha value is -2.31. The molecule has 1 aliphatic rings. The van der Waals surface area contributed by atoms with Gasteiger partial charge < -0.3 is 4.90 Å². The first-order valence-corrected chi connectivity index (χ1v) is 9.29. The summed E-state index contributed by atoms with van der Waals surface area (Å²) < 4.78 is 13.4. The Morgan fingerprint density at radius 1 is 1.27 bits per heavy atom. The van der Waals surface area contributed by atoms with Crippen molar-refractivity contribution in [1.29, 1.82) is 0 Å². The standard InChI is InChI=1S/C19H26FN5O/c1-13(2)17(19(26)24(3)16-10-5-4-6-11-16)25-22-18(21-23-25)14-8-7-9-15(20)12-14/h7-9,12-13,16-17H,4-6,10-11H2,1-3H3. The highest BCUT2D eigenvalue weighted by Crippen LogP contribution is 2.26. The number of carbonyl (C=O) groups excluding carboxylic acids is 1. The van der Waals surface area contributed by atoms with Crippen molar-refractivity contribution in [3.8, 4) is 11.4 Å². The Morgan fingerprint density at radius 2 is 2.00 bits per heavy atom. The predicted molar refractivity (Wildman–Crippen MR) is 96.7 cm³/mol. The highest BCUT2D eigenvalue weighted by molar-refractivity contribution is 5.80. The third-order valence-electron chi connectivity index (χ3n) is 5.11. The molecule has 0 radical (unpaired) electrons. The fourth-order valence-corrected chi connectivity index (χ4v) is 3.59. The molecule has 0 aliphatic heterocycles. The van der Waals surface area contributed by atoms with Crippen LogP contribution in [0.1, 0.15) is 52.0 Å². The summed E-state index contributed by atoms with van der Waals surface area (Å²) in [7, 11) is 1.87. The van der Waals surface area contributed by atoms with Gasteiger partial charge in [0.25, 0.3) is 0 Å². The van der Waals surface area contributed by atoms with Crippen LogP contribution < -0.4 is 0 Å². The number of hydrogen-bond donors (Lipinski definition) is 0. The van der Waals surface area contributed by atoms with E-state index < -0.39 is 6.04 Å². The van der Waals surface area contributed by atoms with E-state index in [9.17, 15) is 9.18 Å². The zero-order valence-electron chi connectivity index (χ0n) is 15.6. The number of halogens is 1. The van der Waals surface area contributed by atoms with E-state index in [1.54, 1.807) is 12.1 Å². The summed E-state index contributed by atoms with van der Waals surface area (Å²) in [5, 5.41) is 12.5. The number of aromatic nitrogens is 4. The van der Waals surface area contributed by atoms with Crippen LogP contribution in [0.3, 0.4) is 0 Å². The first-order chi connectivity index (χ1) is 12.5. The summed E-state index contributed by atoms with van der Waals surface area (Å²) in [6.45, 7) is 3.95. The van der Waals surface area contributed by atoms with Crippen LogP contribution in [0.5, 0.6) is 0 Å². The van der Waals surface area contributed by atoms with Gasteiger partial charge >= 0.3 is 0 Å². The minimum Gasteiger partial charge on any atom is -0.341 e. The number of hydrogen-bond acceptors (Lipinski definition) is 4. The fourth-order valence-electron chi connectivity index (χ4n) is 3.59. The molecule has 0 bridgehead atoms. The predicted octanol–water partition coefficient (Wildman–Crippen LogP) is 3.47. The van der Waals surface area contributed by atoms with Gasteiger partial charge in [-0.05, 0) is 36.1 Å². The minimum absolute atomic E-state index is 0.00934. The Balaban J connectivity index is 1.83. The lowest BCUT2D eigenvalue weighted by Gasteiger charge is -2.34. The van der Waals surface area contributed by atoms with Gasteiger partial charge in [0.05, 0.1) is 0 Å². The summed E-state index contributed by atoms with van der Waals surface area (Å²) in [6.07, 6.45) is 5.67. The van der Waals surface area contributed by atoms with E-state index in [0.29, 0.717) is 11.4 Å². The smallest absolute Gasteiger partial charge is 0.249 e. The van der Waals surface area contributed by atoms with Gasteiger partial charge in [-0.2, -0.15) is 4.80 Å². The zero-order valence-corrected chi connectivity index (χ0v) is 15.6. The second-order valence-electron chi connectivity index (χ2n) is 7.37. The molecular formula is C19H26FN5O. The number of nitrogens with zero attached hydrogens (tertiary/aromatic N) is 5. The Morgan fingerprint density at radius 3 is 2.65 bits per heavy atom. The molecule has 7 heteroatoms. The molecule has 3 rings (SSSR count). The molecular weight excluding hydrogens is 333 g/mol. The van der Waals surface area contributed by atoms with Crippen LogP contribution in [0.25, 0.3) is 11.4 Å². The maximum Gasteiger partial charge on any atom is 0.249 e. The third-order valence-corrected chi connectivity index (χ3v) is 5.11. The lowest BCUT2D eigenvalue weighted by Crippen LogP contribution is -2.44. The zero-order chi connectivity index (χ0) is 18.7. The van der Waals surface area contributed by atoms with Crippen LogP contribution in [0.15, 0.2) is 24.3 Å². The van der Waals surface area contributed by atoms with E-state index in [4.69, 9.17) is 0 Å². The Labute approximate surface area is 153 Å². The molecule has 1 aromatic carbocycles. The van der Waals surface area contributed by atoms with E-state index >= 15 is 0 Å². The molecule has 1 atom stereocenters. The topological polar surface area (TPSA) is 63.9 Å². The van der Waals surface area contributed by atoms with Crippen molar-refractivity contribution in [3.05, 3.63) is 30.1 Å². The summed E-state index contributed by atoms with van der Waals surface area (Å²) in [5.41, 5.74) is 0.548. The lowest BCUT2D eigenvalue weighted by molar-refractivity contribution is -0.138. The number of carbonyl (C=O) groups is 1. The van der Waals surface area contributed by atoms with E-state index in [1.165, 1.54) is 36.2 Å². The van der Waals surface area contributed by atoms with Crippen molar-refractivity contribution in [2.45, 2.75) is 58.0 Å². The van der Waals surface area contributed by atoms with Crippen LogP contribution in [0, 0.1) is 11.7 Å². The second-order valence-corrected chi connectivity index (χ2v) is 7.37. The van der Waals surface area contributed by atoms with Gasteiger partial charge in [-0.3, -0.25) is 4.79 Å². The van der Waals surface area contributed by atoms with Crippen molar-refractivity contribution in [3.63, 3.8) is 0 Å². The minimum atomic E-state index is -0.517. The van der Waals surface area contributed by atoms with Gasteiger partial charge in [0, 0.05) is 18.7 Å². The highest BCUT2D eigenvalue weighted by Gasteiger charge is 2.33. The molecule has 0 N–H and O–H groups in total. The van der Waals surface area contributed by atoms with Crippen molar-refractivity contribution in [2.75, 3.05) is 7.05 Å². The fraction of sp³-hybridized carbons (Fsp3) is 0.579. The van der Waals surface area contributed by atoms with Gasteiger partial charge in [0.1, 0.15) is 5.82 Å². The molecule has 0 saturated heterocycles. The normalized spacial score (nSPS) is 16.7. The largest absolute Gasteiger partial charge is 0.341 e. The second kappa shape index (κ2) is 7.93. The first-order valence-electron chi connectivity index (χ1n) is 9.29. The molecule has 26 heavy (non-hydrogen) atoms. The monoisotopic (exact) mass is 359 g/mol. The van der Waals surface area contributed by atoms with Crippen LogP contribution in [-0.4, -0.2) is 44.1 Å². The van der Waals surface area contributed by atoms with Gasteiger partial charge in [0.15, 0.2) is 6.04 Å². The van der Waals surface area contributed by atoms with Crippen molar-refractivity contribution >= 4 is 5.91 Å². The van der Waals surface area contributed by atoms with Crippen molar-refractivity contribution < 1.29 is 9.18 Å².